The molecule has 1 aromatic heterocycles. The molecule has 22 heavy (non-hydrogen) atoms. The van der Waals surface area contributed by atoms with E-state index < -0.39 is 11.8 Å². The minimum Gasteiger partial charge on any atom is -0.478 e. The fraction of sp³-hybridized carbons (Fsp3) is 0.267. The van der Waals surface area contributed by atoms with Crippen LogP contribution < -0.4 is 10.2 Å². The molecule has 0 saturated carbocycles. The van der Waals surface area contributed by atoms with Crippen LogP contribution in [0.2, 0.25) is 0 Å². The number of rotatable bonds is 3. The summed E-state index contributed by atoms with van der Waals surface area (Å²) in [6, 6.07) is 6.01. The molecule has 1 aromatic carbocycles. The molecule has 0 unspecified atom stereocenters. The van der Waals surface area contributed by atoms with Crippen molar-refractivity contribution < 1.29 is 14.3 Å². The Bertz CT molecular complexity index is 702. The molecule has 0 amide bonds. The molecule has 2 aromatic rings. The van der Waals surface area contributed by atoms with Crippen LogP contribution in [0.25, 0.3) is 11.3 Å². The highest BCUT2D eigenvalue weighted by atomic mass is 19.1. The van der Waals surface area contributed by atoms with Gasteiger partial charge >= 0.3 is 5.97 Å². The van der Waals surface area contributed by atoms with E-state index in [1.807, 2.05) is 4.90 Å². The molecule has 0 bridgehead atoms. The van der Waals surface area contributed by atoms with Crippen LogP contribution in [0, 0.1) is 5.82 Å². The first-order valence-electron chi connectivity index (χ1n) is 6.97. The second-order valence-corrected chi connectivity index (χ2v) is 4.95. The Labute approximate surface area is 126 Å². The Kier molecular flexibility index (Phi) is 3.97. The molecule has 1 aliphatic rings. The molecule has 0 spiro atoms. The lowest BCUT2D eigenvalue weighted by Crippen LogP contribution is -2.44. The zero-order valence-corrected chi connectivity index (χ0v) is 11.8. The Morgan fingerprint density at radius 3 is 2.68 bits per heavy atom. The zero-order chi connectivity index (χ0) is 15.5. The van der Waals surface area contributed by atoms with Crippen LogP contribution in [0.3, 0.4) is 0 Å². The molecular weight excluding hydrogens is 287 g/mol. The van der Waals surface area contributed by atoms with E-state index in [4.69, 9.17) is 0 Å². The van der Waals surface area contributed by atoms with Crippen molar-refractivity contribution >= 4 is 11.9 Å². The van der Waals surface area contributed by atoms with E-state index in [-0.39, 0.29) is 16.8 Å². The van der Waals surface area contributed by atoms with Crippen LogP contribution in [-0.4, -0.2) is 47.2 Å². The average Bonchev–Trinajstić information content (AvgIpc) is 2.55. The van der Waals surface area contributed by atoms with Crippen molar-refractivity contribution in [3.8, 4) is 11.3 Å². The molecule has 3 rings (SSSR count). The average molecular weight is 302 g/mol. The molecule has 0 radical (unpaired) electrons. The molecule has 6 nitrogen and oxygen atoms in total. The maximum absolute atomic E-state index is 14.0. The van der Waals surface area contributed by atoms with Gasteiger partial charge in [-0.3, -0.25) is 0 Å². The number of anilines is 1. The molecule has 0 atom stereocenters. The fourth-order valence-electron chi connectivity index (χ4n) is 2.40. The standard InChI is InChI=1S/C15H15FN4O2/c16-12-4-2-1-3-10(12)13-11(14(21)22)9-18-15(19-13)20-7-5-17-6-8-20/h1-4,9,17H,5-8H2,(H,21,22). The van der Waals surface area contributed by atoms with Gasteiger partial charge in [0.1, 0.15) is 11.4 Å². The highest BCUT2D eigenvalue weighted by Gasteiger charge is 2.20. The van der Waals surface area contributed by atoms with Gasteiger partial charge in [0, 0.05) is 37.9 Å². The van der Waals surface area contributed by atoms with Crippen LogP contribution in [0.1, 0.15) is 10.4 Å². The molecule has 0 aliphatic carbocycles. The number of piperazine rings is 1. The van der Waals surface area contributed by atoms with Crippen molar-refractivity contribution in [3.63, 3.8) is 0 Å². The molecule has 2 N–H and O–H groups in total. The third kappa shape index (κ3) is 2.75. The first-order chi connectivity index (χ1) is 10.7. The summed E-state index contributed by atoms with van der Waals surface area (Å²) in [4.78, 5) is 21.8. The SMILES string of the molecule is O=C(O)c1cnc(N2CCNCC2)nc1-c1ccccc1F. The topological polar surface area (TPSA) is 78.3 Å². The van der Waals surface area contributed by atoms with Gasteiger partial charge in [0.15, 0.2) is 0 Å². The highest BCUT2D eigenvalue weighted by Crippen LogP contribution is 2.26. The third-order valence-electron chi connectivity index (χ3n) is 3.54. The van der Waals surface area contributed by atoms with Crippen molar-refractivity contribution in [1.82, 2.24) is 15.3 Å². The van der Waals surface area contributed by atoms with E-state index in [1.54, 1.807) is 12.1 Å². The lowest BCUT2D eigenvalue weighted by atomic mass is 10.1. The quantitative estimate of drug-likeness (QED) is 0.892. The fourth-order valence-corrected chi connectivity index (χ4v) is 2.40. The minimum absolute atomic E-state index is 0.106. The van der Waals surface area contributed by atoms with Crippen LogP contribution in [0.5, 0.6) is 0 Å². The maximum atomic E-state index is 14.0. The van der Waals surface area contributed by atoms with Gasteiger partial charge in [-0.15, -0.1) is 0 Å². The van der Waals surface area contributed by atoms with Crippen LogP contribution in [0.4, 0.5) is 10.3 Å². The van der Waals surface area contributed by atoms with Crippen LogP contribution >= 0.6 is 0 Å². The number of hydrogen-bond donors (Lipinski definition) is 2. The van der Waals surface area contributed by atoms with Gasteiger partial charge in [-0.2, -0.15) is 0 Å². The number of nitrogens with one attached hydrogen (secondary N) is 1. The van der Waals surface area contributed by atoms with Gasteiger partial charge < -0.3 is 15.3 Å². The smallest absolute Gasteiger partial charge is 0.339 e. The predicted molar refractivity (Wildman–Crippen MR) is 79.5 cm³/mol. The monoisotopic (exact) mass is 302 g/mol. The summed E-state index contributed by atoms with van der Waals surface area (Å²) in [5.74, 6) is -1.26. The largest absolute Gasteiger partial charge is 0.478 e. The number of benzene rings is 1. The van der Waals surface area contributed by atoms with Crippen LogP contribution in [-0.2, 0) is 0 Å². The summed E-state index contributed by atoms with van der Waals surface area (Å²) >= 11 is 0. The van der Waals surface area contributed by atoms with E-state index in [9.17, 15) is 14.3 Å². The summed E-state index contributed by atoms with van der Waals surface area (Å²) in [5.41, 5.74) is 0.164. The first-order valence-corrected chi connectivity index (χ1v) is 6.97. The third-order valence-corrected chi connectivity index (χ3v) is 3.54. The van der Waals surface area contributed by atoms with Gasteiger partial charge in [-0.1, -0.05) is 12.1 Å². The number of aromatic nitrogens is 2. The summed E-state index contributed by atoms with van der Waals surface area (Å²) in [6.07, 6.45) is 1.24. The second kappa shape index (κ2) is 6.07. The van der Waals surface area contributed by atoms with Crippen LogP contribution in [0.15, 0.2) is 30.5 Å². The number of hydrogen-bond acceptors (Lipinski definition) is 5. The Morgan fingerprint density at radius 2 is 2.00 bits per heavy atom. The number of carboxylic acids is 1. The van der Waals surface area contributed by atoms with Crippen molar-refractivity contribution in [2.24, 2.45) is 0 Å². The number of carboxylic acid groups (broad SMARTS) is 1. The van der Waals surface area contributed by atoms with Gasteiger partial charge in [-0.05, 0) is 12.1 Å². The summed E-state index contributed by atoms with van der Waals surface area (Å²) in [6.45, 7) is 3.06. The van der Waals surface area contributed by atoms with Crippen molar-refractivity contribution in [2.75, 3.05) is 31.1 Å². The van der Waals surface area contributed by atoms with Gasteiger partial charge in [0.2, 0.25) is 5.95 Å². The molecule has 114 valence electrons. The molecule has 1 saturated heterocycles. The number of aromatic carboxylic acids is 1. The first kappa shape index (κ1) is 14.4. The molecule has 1 aliphatic heterocycles. The maximum Gasteiger partial charge on any atom is 0.339 e. The molecule has 2 heterocycles. The normalized spacial score (nSPS) is 14.9. The summed E-state index contributed by atoms with van der Waals surface area (Å²) < 4.78 is 14.0. The predicted octanol–water partition coefficient (Wildman–Crippen LogP) is 1.39. The Morgan fingerprint density at radius 1 is 1.27 bits per heavy atom. The molecular formula is C15H15FN4O2. The Balaban J connectivity index is 2.09. The molecule has 7 heteroatoms. The second-order valence-electron chi connectivity index (χ2n) is 4.95. The summed E-state index contributed by atoms with van der Waals surface area (Å²) in [5, 5.41) is 12.5. The summed E-state index contributed by atoms with van der Waals surface area (Å²) in [7, 11) is 0. The van der Waals surface area contributed by atoms with E-state index in [0.717, 1.165) is 26.2 Å². The lowest BCUT2D eigenvalue weighted by Gasteiger charge is -2.27. The molecule has 1 fully saturated rings. The number of nitrogens with zero attached hydrogens (tertiary/aromatic N) is 3. The zero-order valence-electron chi connectivity index (χ0n) is 11.8. The van der Waals surface area contributed by atoms with E-state index >= 15 is 0 Å². The van der Waals surface area contributed by atoms with Gasteiger partial charge in [-0.25, -0.2) is 19.2 Å². The minimum atomic E-state index is -1.18. The highest BCUT2D eigenvalue weighted by molar-refractivity contribution is 5.94. The van der Waals surface area contributed by atoms with Gasteiger partial charge in [0.05, 0.1) is 5.69 Å². The van der Waals surface area contributed by atoms with Crippen molar-refractivity contribution in [3.05, 3.63) is 41.8 Å². The Hall–Kier alpha value is -2.54. The van der Waals surface area contributed by atoms with E-state index in [1.165, 1.54) is 18.3 Å². The van der Waals surface area contributed by atoms with Crippen molar-refractivity contribution in [2.45, 2.75) is 0 Å². The lowest BCUT2D eigenvalue weighted by molar-refractivity contribution is 0.0697. The number of halogens is 1. The van der Waals surface area contributed by atoms with E-state index in [0.29, 0.717) is 5.95 Å². The van der Waals surface area contributed by atoms with Gasteiger partial charge in [0.25, 0.3) is 0 Å². The van der Waals surface area contributed by atoms with Crippen molar-refractivity contribution in [1.29, 1.82) is 0 Å². The number of carbonyl (C=O) groups is 1. The van der Waals surface area contributed by atoms with E-state index in [2.05, 4.69) is 15.3 Å².